The average Bonchev–Trinajstić information content (AvgIpc) is 2.08. The Morgan fingerprint density at radius 1 is 1.53 bits per heavy atom. The molecule has 2 N–H and O–H groups in total. The van der Waals surface area contributed by atoms with Crippen molar-refractivity contribution in [2.24, 2.45) is 0 Å². The lowest BCUT2D eigenvalue weighted by Crippen LogP contribution is -2.31. The van der Waals surface area contributed by atoms with Crippen LogP contribution in [0.3, 0.4) is 0 Å². The number of phenols is 1. The van der Waals surface area contributed by atoms with Crippen molar-refractivity contribution in [2.45, 2.75) is 26.3 Å². The van der Waals surface area contributed by atoms with Crippen LogP contribution in [-0.4, -0.2) is 17.1 Å². The summed E-state index contributed by atoms with van der Waals surface area (Å²) >= 11 is 5.87. The van der Waals surface area contributed by atoms with E-state index >= 15 is 0 Å². The highest BCUT2D eigenvalue weighted by atomic mass is 35.5. The van der Waals surface area contributed by atoms with Gasteiger partial charge < -0.3 is 10.4 Å². The van der Waals surface area contributed by atoms with Crippen molar-refractivity contribution >= 4 is 17.5 Å². The third-order valence-electron chi connectivity index (χ3n) is 1.84. The van der Waals surface area contributed by atoms with Gasteiger partial charge >= 0.3 is 0 Å². The van der Waals surface area contributed by atoms with Crippen LogP contribution < -0.4 is 5.32 Å². The highest BCUT2D eigenvalue weighted by molar-refractivity contribution is 6.31. The van der Waals surface area contributed by atoms with E-state index in [4.69, 9.17) is 16.7 Å². The monoisotopic (exact) mass is 227 g/mol. The summed E-state index contributed by atoms with van der Waals surface area (Å²) in [5.41, 5.74) is 0.715. The van der Waals surface area contributed by atoms with E-state index in [1.807, 2.05) is 13.8 Å². The van der Waals surface area contributed by atoms with Crippen molar-refractivity contribution < 1.29 is 9.90 Å². The average molecular weight is 228 g/mol. The lowest BCUT2D eigenvalue weighted by molar-refractivity contribution is -0.120. The molecule has 4 heteroatoms. The first-order valence-electron chi connectivity index (χ1n) is 4.76. The molecular weight excluding hydrogens is 214 g/mol. The molecule has 0 saturated heterocycles. The van der Waals surface area contributed by atoms with Gasteiger partial charge in [0.25, 0.3) is 0 Å². The minimum absolute atomic E-state index is 0.0717. The molecule has 1 aromatic carbocycles. The summed E-state index contributed by atoms with van der Waals surface area (Å²) < 4.78 is 0. The van der Waals surface area contributed by atoms with Crippen LogP contribution in [0, 0.1) is 0 Å². The molecule has 0 bridgehead atoms. The quantitative estimate of drug-likeness (QED) is 0.831. The van der Waals surface area contributed by atoms with E-state index in [-0.39, 0.29) is 24.1 Å². The molecule has 0 aliphatic carbocycles. The van der Waals surface area contributed by atoms with Crippen LogP contribution in [0.2, 0.25) is 5.02 Å². The minimum atomic E-state index is -0.0717. The number of carbonyl (C=O) groups is 1. The number of halogens is 1. The number of phenolic OH excluding ortho intramolecular Hbond substituents is 1. The Morgan fingerprint density at radius 3 is 2.73 bits per heavy atom. The number of nitrogens with one attached hydrogen (secondary N) is 1. The topological polar surface area (TPSA) is 49.3 Å². The third kappa shape index (κ3) is 3.80. The summed E-state index contributed by atoms with van der Waals surface area (Å²) in [4.78, 5) is 11.4. The molecule has 0 aliphatic heterocycles. The molecule has 0 spiro atoms. The number of benzene rings is 1. The minimum Gasteiger partial charge on any atom is -0.508 e. The van der Waals surface area contributed by atoms with Crippen LogP contribution in [0.5, 0.6) is 5.75 Å². The van der Waals surface area contributed by atoms with E-state index in [0.29, 0.717) is 10.6 Å². The second-order valence-electron chi connectivity index (χ2n) is 3.67. The molecule has 1 rings (SSSR count). The molecule has 1 aromatic rings. The number of hydrogen-bond acceptors (Lipinski definition) is 2. The molecule has 0 aromatic heterocycles. The second kappa shape index (κ2) is 5.03. The second-order valence-corrected chi connectivity index (χ2v) is 4.08. The lowest BCUT2D eigenvalue weighted by Gasteiger charge is -2.09. The van der Waals surface area contributed by atoms with Crippen molar-refractivity contribution in [3.05, 3.63) is 28.8 Å². The van der Waals surface area contributed by atoms with E-state index in [1.54, 1.807) is 6.07 Å². The fraction of sp³-hybridized carbons (Fsp3) is 0.364. The number of aromatic hydroxyl groups is 1. The fourth-order valence-corrected chi connectivity index (χ4v) is 1.47. The Bertz CT molecular complexity index is 364. The summed E-state index contributed by atoms with van der Waals surface area (Å²) in [5.74, 6) is 0.0330. The van der Waals surface area contributed by atoms with Crippen molar-refractivity contribution in [2.75, 3.05) is 0 Å². The van der Waals surface area contributed by atoms with Crippen LogP contribution in [0.4, 0.5) is 0 Å². The zero-order valence-electron chi connectivity index (χ0n) is 8.75. The summed E-state index contributed by atoms with van der Waals surface area (Å²) in [7, 11) is 0. The van der Waals surface area contributed by atoms with Crippen LogP contribution in [0.15, 0.2) is 18.2 Å². The maximum absolute atomic E-state index is 11.4. The van der Waals surface area contributed by atoms with Gasteiger partial charge in [0.05, 0.1) is 6.42 Å². The van der Waals surface area contributed by atoms with Gasteiger partial charge in [0.15, 0.2) is 0 Å². The van der Waals surface area contributed by atoms with Crippen LogP contribution in [0.1, 0.15) is 19.4 Å². The molecule has 82 valence electrons. The molecule has 0 unspecified atom stereocenters. The summed E-state index contributed by atoms with van der Waals surface area (Å²) in [6.07, 6.45) is 0.233. The smallest absolute Gasteiger partial charge is 0.224 e. The van der Waals surface area contributed by atoms with Gasteiger partial charge in [-0.25, -0.2) is 0 Å². The van der Waals surface area contributed by atoms with Gasteiger partial charge in [0.1, 0.15) is 5.75 Å². The third-order valence-corrected chi connectivity index (χ3v) is 2.19. The van der Waals surface area contributed by atoms with Gasteiger partial charge in [-0.1, -0.05) is 17.7 Å². The first kappa shape index (κ1) is 11.9. The molecule has 0 saturated carbocycles. The van der Waals surface area contributed by atoms with E-state index in [0.717, 1.165) is 0 Å². The number of carbonyl (C=O) groups excluding carboxylic acids is 1. The SMILES string of the molecule is CC(C)NC(=O)Cc1ccc(O)cc1Cl. The Balaban J connectivity index is 2.68. The van der Waals surface area contributed by atoms with Gasteiger partial charge in [-0.2, -0.15) is 0 Å². The molecule has 0 fully saturated rings. The molecule has 3 nitrogen and oxygen atoms in total. The molecule has 1 amide bonds. The summed E-state index contributed by atoms with van der Waals surface area (Å²) in [6, 6.07) is 4.72. The zero-order chi connectivity index (χ0) is 11.4. The van der Waals surface area contributed by atoms with E-state index in [9.17, 15) is 4.79 Å². The molecular formula is C11H14ClNO2. The van der Waals surface area contributed by atoms with Crippen molar-refractivity contribution in [3.8, 4) is 5.75 Å². The Morgan fingerprint density at radius 2 is 2.20 bits per heavy atom. The molecule has 15 heavy (non-hydrogen) atoms. The molecule has 0 atom stereocenters. The zero-order valence-corrected chi connectivity index (χ0v) is 9.51. The van der Waals surface area contributed by atoms with Crippen molar-refractivity contribution in [1.29, 1.82) is 0 Å². The van der Waals surface area contributed by atoms with E-state index in [1.165, 1.54) is 12.1 Å². The fourth-order valence-electron chi connectivity index (χ4n) is 1.23. The normalized spacial score (nSPS) is 10.4. The van der Waals surface area contributed by atoms with E-state index < -0.39 is 0 Å². The number of rotatable bonds is 3. The van der Waals surface area contributed by atoms with Crippen LogP contribution in [-0.2, 0) is 11.2 Å². The Labute approximate surface area is 94.1 Å². The van der Waals surface area contributed by atoms with Gasteiger partial charge in [-0.3, -0.25) is 4.79 Å². The lowest BCUT2D eigenvalue weighted by atomic mass is 10.1. The van der Waals surface area contributed by atoms with E-state index in [2.05, 4.69) is 5.32 Å². The van der Waals surface area contributed by atoms with Gasteiger partial charge in [-0.05, 0) is 31.5 Å². The van der Waals surface area contributed by atoms with Gasteiger partial charge in [0, 0.05) is 11.1 Å². The Hall–Kier alpha value is -1.22. The molecule has 0 heterocycles. The van der Waals surface area contributed by atoms with Crippen LogP contribution >= 0.6 is 11.6 Å². The Kier molecular flexibility index (Phi) is 3.97. The highest BCUT2D eigenvalue weighted by Crippen LogP contribution is 2.21. The highest BCUT2D eigenvalue weighted by Gasteiger charge is 2.08. The summed E-state index contributed by atoms with van der Waals surface area (Å²) in [5, 5.41) is 12.3. The molecule has 0 aliphatic rings. The predicted octanol–water partition coefficient (Wildman–Crippen LogP) is 2.11. The maximum atomic E-state index is 11.4. The number of hydrogen-bond donors (Lipinski definition) is 2. The largest absolute Gasteiger partial charge is 0.508 e. The maximum Gasteiger partial charge on any atom is 0.224 e. The predicted molar refractivity (Wildman–Crippen MR) is 60.1 cm³/mol. The van der Waals surface area contributed by atoms with Gasteiger partial charge in [-0.15, -0.1) is 0 Å². The first-order valence-corrected chi connectivity index (χ1v) is 5.13. The summed E-state index contributed by atoms with van der Waals surface area (Å²) in [6.45, 7) is 3.80. The first-order chi connectivity index (χ1) is 6.99. The standard InChI is InChI=1S/C11H14ClNO2/c1-7(2)13-11(15)5-8-3-4-9(14)6-10(8)12/h3-4,6-7,14H,5H2,1-2H3,(H,13,15). The number of amides is 1. The van der Waals surface area contributed by atoms with Crippen LogP contribution in [0.25, 0.3) is 0 Å². The van der Waals surface area contributed by atoms with Gasteiger partial charge in [0.2, 0.25) is 5.91 Å². The van der Waals surface area contributed by atoms with Crippen molar-refractivity contribution in [3.63, 3.8) is 0 Å². The van der Waals surface area contributed by atoms with Crippen molar-refractivity contribution in [1.82, 2.24) is 5.32 Å². The molecule has 0 radical (unpaired) electrons.